The minimum absolute atomic E-state index is 0.0611. The Hall–Kier alpha value is -2.51. The highest BCUT2D eigenvalue weighted by Gasteiger charge is 2.25. The van der Waals surface area contributed by atoms with Gasteiger partial charge in [-0.15, -0.1) is 0 Å². The second-order valence-corrected chi connectivity index (χ2v) is 8.62. The van der Waals surface area contributed by atoms with Crippen molar-refractivity contribution >= 4 is 20.7 Å². The van der Waals surface area contributed by atoms with Gasteiger partial charge >= 0.3 is 0 Å². The Morgan fingerprint density at radius 1 is 1.08 bits per heavy atom. The molecule has 2 heterocycles. The van der Waals surface area contributed by atoms with Crippen molar-refractivity contribution in [3.63, 3.8) is 0 Å². The van der Waals surface area contributed by atoms with Gasteiger partial charge in [0.25, 0.3) is 5.56 Å². The molecule has 6 nitrogen and oxygen atoms in total. The monoisotopic (exact) mass is 369 g/mol. The van der Waals surface area contributed by atoms with Crippen LogP contribution in [0.5, 0.6) is 0 Å². The first-order valence-corrected chi connectivity index (χ1v) is 10.1. The van der Waals surface area contributed by atoms with Crippen molar-refractivity contribution in [3.8, 4) is 0 Å². The van der Waals surface area contributed by atoms with Crippen LogP contribution in [0.3, 0.4) is 0 Å². The van der Waals surface area contributed by atoms with Gasteiger partial charge in [-0.25, -0.2) is 13.4 Å². The lowest BCUT2D eigenvalue weighted by Gasteiger charge is -2.20. The summed E-state index contributed by atoms with van der Waals surface area (Å²) in [4.78, 5) is 19.6. The highest BCUT2D eigenvalue weighted by atomic mass is 32.2. The highest BCUT2D eigenvalue weighted by Crippen LogP contribution is 2.23. The Morgan fingerprint density at radius 3 is 2.65 bits per heavy atom. The lowest BCUT2D eigenvalue weighted by atomic mass is 10.2. The van der Waals surface area contributed by atoms with E-state index in [-0.39, 0.29) is 11.3 Å². The van der Waals surface area contributed by atoms with Crippen LogP contribution in [0.4, 0.5) is 0 Å². The number of nitrogens with zero attached hydrogens (tertiary/aromatic N) is 3. The maximum atomic E-state index is 12.6. The third-order valence-electron chi connectivity index (χ3n) is 4.82. The van der Waals surface area contributed by atoms with Crippen molar-refractivity contribution in [1.82, 2.24) is 14.5 Å². The van der Waals surface area contributed by atoms with Crippen LogP contribution in [-0.4, -0.2) is 35.2 Å². The van der Waals surface area contributed by atoms with Gasteiger partial charge in [0, 0.05) is 20.1 Å². The van der Waals surface area contributed by atoms with Crippen LogP contribution in [0.2, 0.25) is 0 Å². The molecule has 0 radical (unpaired) electrons. The van der Waals surface area contributed by atoms with E-state index in [4.69, 9.17) is 0 Å². The maximum absolute atomic E-state index is 12.6. The number of para-hydroxylation sites is 1. The fourth-order valence-corrected chi connectivity index (χ4v) is 4.89. The van der Waals surface area contributed by atoms with Crippen molar-refractivity contribution in [3.05, 3.63) is 70.3 Å². The SMILES string of the molecule is Cn1c(CN2CCS(=O)(=O)c3ccccc3C2)nc2ccccc2c1=O. The molecule has 0 amide bonds. The number of rotatable bonds is 2. The van der Waals surface area contributed by atoms with E-state index in [1.165, 1.54) is 0 Å². The zero-order valence-electron chi connectivity index (χ0n) is 14.4. The van der Waals surface area contributed by atoms with Crippen LogP contribution in [0, 0.1) is 0 Å². The standard InChI is InChI=1S/C19H19N3O3S/c1-21-18(20-16-8-4-3-7-15(16)19(21)23)13-22-10-11-26(24,25)17-9-5-2-6-14(17)12-22/h2-9H,10-13H2,1H3. The molecule has 0 fully saturated rings. The average molecular weight is 369 g/mol. The second kappa shape index (κ2) is 6.34. The summed E-state index contributed by atoms with van der Waals surface area (Å²) < 4.78 is 26.5. The predicted molar refractivity (Wildman–Crippen MR) is 99.6 cm³/mol. The molecule has 0 N–H and O–H groups in total. The molecule has 0 aliphatic carbocycles. The summed E-state index contributed by atoms with van der Waals surface area (Å²) in [7, 11) is -1.58. The summed E-state index contributed by atoms with van der Waals surface area (Å²) in [6, 6.07) is 14.4. The molecule has 0 spiro atoms. The smallest absolute Gasteiger partial charge is 0.261 e. The van der Waals surface area contributed by atoms with Gasteiger partial charge in [0.1, 0.15) is 5.82 Å². The lowest BCUT2D eigenvalue weighted by Crippen LogP contribution is -2.31. The summed E-state index contributed by atoms with van der Waals surface area (Å²) in [5.41, 5.74) is 1.36. The number of benzene rings is 2. The van der Waals surface area contributed by atoms with Gasteiger partial charge in [0.2, 0.25) is 0 Å². The molecule has 1 aliphatic rings. The first-order chi connectivity index (χ1) is 12.5. The molecule has 1 aliphatic heterocycles. The molecule has 2 aromatic carbocycles. The highest BCUT2D eigenvalue weighted by molar-refractivity contribution is 7.91. The lowest BCUT2D eigenvalue weighted by molar-refractivity contribution is 0.262. The van der Waals surface area contributed by atoms with E-state index in [1.54, 1.807) is 29.8 Å². The molecule has 1 aromatic heterocycles. The van der Waals surface area contributed by atoms with E-state index in [9.17, 15) is 13.2 Å². The van der Waals surface area contributed by atoms with E-state index in [0.29, 0.717) is 41.3 Å². The maximum Gasteiger partial charge on any atom is 0.261 e. The molecule has 0 bridgehead atoms. The molecular formula is C19H19N3O3S. The third kappa shape index (κ3) is 2.93. The van der Waals surface area contributed by atoms with Crippen LogP contribution in [0.15, 0.2) is 58.2 Å². The fraction of sp³-hybridized carbons (Fsp3) is 0.263. The molecule has 7 heteroatoms. The molecule has 3 aromatic rings. The summed E-state index contributed by atoms with van der Waals surface area (Å²) in [6.07, 6.45) is 0. The molecule has 0 atom stereocenters. The zero-order chi connectivity index (χ0) is 18.3. The number of aromatic nitrogens is 2. The molecule has 0 saturated carbocycles. The summed E-state index contributed by atoms with van der Waals surface area (Å²) >= 11 is 0. The van der Waals surface area contributed by atoms with E-state index < -0.39 is 9.84 Å². The minimum atomic E-state index is -3.29. The topological polar surface area (TPSA) is 72.3 Å². The van der Waals surface area contributed by atoms with Gasteiger partial charge < -0.3 is 0 Å². The van der Waals surface area contributed by atoms with Gasteiger partial charge in [-0.2, -0.15) is 0 Å². The quantitative estimate of drug-likeness (QED) is 0.688. The van der Waals surface area contributed by atoms with Crippen molar-refractivity contribution in [2.45, 2.75) is 18.0 Å². The van der Waals surface area contributed by atoms with E-state index in [0.717, 1.165) is 5.56 Å². The van der Waals surface area contributed by atoms with Crippen LogP contribution in [0.1, 0.15) is 11.4 Å². The van der Waals surface area contributed by atoms with Gasteiger partial charge in [-0.1, -0.05) is 30.3 Å². The van der Waals surface area contributed by atoms with E-state index in [1.807, 2.05) is 35.2 Å². The van der Waals surface area contributed by atoms with Crippen LogP contribution < -0.4 is 5.56 Å². The van der Waals surface area contributed by atoms with Crippen LogP contribution in [-0.2, 0) is 30.0 Å². The van der Waals surface area contributed by atoms with Crippen molar-refractivity contribution < 1.29 is 8.42 Å². The van der Waals surface area contributed by atoms with Crippen molar-refractivity contribution in [2.24, 2.45) is 7.05 Å². The third-order valence-corrected chi connectivity index (χ3v) is 6.61. The largest absolute Gasteiger partial charge is 0.298 e. The van der Waals surface area contributed by atoms with Crippen LogP contribution >= 0.6 is 0 Å². The Morgan fingerprint density at radius 2 is 1.81 bits per heavy atom. The first-order valence-electron chi connectivity index (χ1n) is 8.43. The minimum Gasteiger partial charge on any atom is -0.298 e. The van der Waals surface area contributed by atoms with Gasteiger partial charge in [0.05, 0.1) is 28.1 Å². The number of sulfone groups is 1. The number of fused-ring (bicyclic) bond motifs is 2. The first kappa shape index (κ1) is 16.9. The Labute approximate surface area is 151 Å². The van der Waals surface area contributed by atoms with Gasteiger partial charge in [-0.05, 0) is 23.8 Å². The van der Waals surface area contributed by atoms with E-state index in [2.05, 4.69) is 4.98 Å². The molecule has 0 saturated heterocycles. The van der Waals surface area contributed by atoms with Gasteiger partial charge in [-0.3, -0.25) is 14.3 Å². The summed E-state index contributed by atoms with van der Waals surface area (Å²) in [5, 5.41) is 0.586. The molecule has 0 unspecified atom stereocenters. The van der Waals surface area contributed by atoms with Crippen molar-refractivity contribution in [2.75, 3.05) is 12.3 Å². The molecule has 26 heavy (non-hydrogen) atoms. The van der Waals surface area contributed by atoms with Crippen LogP contribution in [0.25, 0.3) is 10.9 Å². The Kier molecular flexibility index (Phi) is 4.13. The number of hydrogen-bond donors (Lipinski definition) is 0. The summed E-state index contributed by atoms with van der Waals surface area (Å²) in [6.45, 7) is 1.33. The predicted octanol–water partition coefficient (Wildman–Crippen LogP) is 1.72. The molecular weight excluding hydrogens is 350 g/mol. The van der Waals surface area contributed by atoms with E-state index >= 15 is 0 Å². The second-order valence-electron chi connectivity index (χ2n) is 6.55. The number of hydrogen-bond acceptors (Lipinski definition) is 5. The Balaban J connectivity index is 1.72. The summed E-state index contributed by atoms with van der Waals surface area (Å²) in [5.74, 6) is 0.691. The zero-order valence-corrected chi connectivity index (χ0v) is 15.2. The normalized spacial score (nSPS) is 17.0. The molecule has 4 rings (SSSR count). The average Bonchev–Trinajstić information content (AvgIpc) is 2.76. The fourth-order valence-electron chi connectivity index (χ4n) is 3.36. The van der Waals surface area contributed by atoms with Crippen molar-refractivity contribution in [1.29, 1.82) is 0 Å². The Bertz CT molecular complexity index is 1150. The van der Waals surface area contributed by atoms with Gasteiger partial charge in [0.15, 0.2) is 9.84 Å². The molecule has 134 valence electrons.